The van der Waals surface area contributed by atoms with Gasteiger partial charge in [-0.25, -0.2) is 0 Å². The minimum absolute atomic E-state index is 0.714. The number of benzene rings is 1. The molecule has 1 aliphatic rings. The molecule has 0 N–H and O–H groups in total. The van der Waals surface area contributed by atoms with Gasteiger partial charge in [0.2, 0.25) is 0 Å². The van der Waals surface area contributed by atoms with Crippen molar-refractivity contribution in [3.05, 3.63) is 33.8 Å². The van der Waals surface area contributed by atoms with Crippen LogP contribution in [0, 0.1) is 0 Å². The van der Waals surface area contributed by atoms with Gasteiger partial charge < -0.3 is 0 Å². The zero-order valence-electron chi connectivity index (χ0n) is 10.1. The van der Waals surface area contributed by atoms with E-state index in [0.717, 1.165) is 11.6 Å². The fraction of sp³-hybridized carbons (Fsp3) is 0.571. The summed E-state index contributed by atoms with van der Waals surface area (Å²) in [5.74, 6) is 0. The van der Waals surface area contributed by atoms with Crippen molar-refractivity contribution >= 4 is 23.2 Å². The topological polar surface area (TPSA) is 3.24 Å². The van der Waals surface area contributed by atoms with E-state index in [0.29, 0.717) is 5.02 Å². The minimum Gasteiger partial charge on any atom is -0.299 e. The van der Waals surface area contributed by atoms with Crippen molar-refractivity contribution in [1.29, 1.82) is 0 Å². The van der Waals surface area contributed by atoms with E-state index in [2.05, 4.69) is 4.90 Å². The Kier molecular flexibility index (Phi) is 5.15. The van der Waals surface area contributed by atoms with Gasteiger partial charge in [-0.15, -0.1) is 0 Å². The Hall–Kier alpha value is -0.240. The summed E-state index contributed by atoms with van der Waals surface area (Å²) in [4.78, 5) is 2.51. The first-order valence-electron chi connectivity index (χ1n) is 6.42. The SMILES string of the molecule is Clc1ccc(CN2CCCCCCC2)c(Cl)c1. The summed E-state index contributed by atoms with van der Waals surface area (Å²) in [5, 5.41) is 1.51. The Bertz CT molecular complexity index is 357. The van der Waals surface area contributed by atoms with Crippen molar-refractivity contribution in [2.75, 3.05) is 13.1 Å². The van der Waals surface area contributed by atoms with Crippen LogP contribution in [0.3, 0.4) is 0 Å². The Balaban J connectivity index is 1.98. The normalized spacial score (nSPS) is 18.7. The van der Waals surface area contributed by atoms with E-state index in [9.17, 15) is 0 Å². The molecule has 1 aromatic rings. The summed E-state index contributed by atoms with van der Waals surface area (Å²) in [6.45, 7) is 3.34. The molecule has 0 aromatic heterocycles. The molecule has 0 radical (unpaired) electrons. The van der Waals surface area contributed by atoms with Crippen LogP contribution in [0.15, 0.2) is 18.2 Å². The predicted molar refractivity (Wildman–Crippen MR) is 74.8 cm³/mol. The monoisotopic (exact) mass is 271 g/mol. The Morgan fingerprint density at radius 2 is 1.59 bits per heavy atom. The maximum atomic E-state index is 6.21. The molecule has 1 aromatic carbocycles. The highest BCUT2D eigenvalue weighted by atomic mass is 35.5. The highest BCUT2D eigenvalue weighted by molar-refractivity contribution is 6.35. The van der Waals surface area contributed by atoms with Crippen LogP contribution in [0.1, 0.15) is 37.7 Å². The smallest absolute Gasteiger partial charge is 0.0465 e. The third-order valence-corrected chi connectivity index (χ3v) is 3.94. The van der Waals surface area contributed by atoms with Crippen LogP contribution >= 0.6 is 23.2 Å². The third kappa shape index (κ3) is 4.17. The second kappa shape index (κ2) is 6.63. The molecule has 3 heteroatoms. The van der Waals surface area contributed by atoms with Crippen LogP contribution in [0.5, 0.6) is 0 Å². The lowest BCUT2D eigenvalue weighted by atomic mass is 10.1. The van der Waals surface area contributed by atoms with Gasteiger partial charge in [-0.3, -0.25) is 4.90 Å². The van der Waals surface area contributed by atoms with Gasteiger partial charge in [0, 0.05) is 16.6 Å². The van der Waals surface area contributed by atoms with Gasteiger partial charge in [0.15, 0.2) is 0 Å². The van der Waals surface area contributed by atoms with Crippen molar-refractivity contribution in [2.24, 2.45) is 0 Å². The Morgan fingerprint density at radius 3 is 2.24 bits per heavy atom. The molecule has 2 rings (SSSR count). The molecule has 0 unspecified atom stereocenters. The highest BCUT2D eigenvalue weighted by Crippen LogP contribution is 2.23. The second-order valence-corrected chi connectivity index (χ2v) is 5.62. The van der Waals surface area contributed by atoms with Crippen molar-refractivity contribution in [2.45, 2.75) is 38.6 Å². The Morgan fingerprint density at radius 1 is 0.941 bits per heavy atom. The maximum absolute atomic E-state index is 6.21. The van der Waals surface area contributed by atoms with Crippen molar-refractivity contribution in [3.8, 4) is 0 Å². The van der Waals surface area contributed by atoms with Crippen LogP contribution in [-0.2, 0) is 6.54 Å². The fourth-order valence-corrected chi connectivity index (χ4v) is 2.83. The van der Waals surface area contributed by atoms with E-state index in [4.69, 9.17) is 23.2 Å². The summed E-state index contributed by atoms with van der Waals surface area (Å²) in [7, 11) is 0. The summed E-state index contributed by atoms with van der Waals surface area (Å²) < 4.78 is 0. The molecule has 1 aliphatic heterocycles. The van der Waals surface area contributed by atoms with Gasteiger partial charge in [-0.2, -0.15) is 0 Å². The standard InChI is InChI=1S/C14H19Cl2N/c15-13-7-6-12(14(16)10-13)11-17-8-4-2-1-3-5-9-17/h6-7,10H,1-5,8-9,11H2. The number of halogens is 2. The summed E-state index contributed by atoms with van der Waals surface area (Å²) >= 11 is 12.1. The zero-order valence-corrected chi connectivity index (χ0v) is 11.6. The van der Waals surface area contributed by atoms with Crippen molar-refractivity contribution in [1.82, 2.24) is 4.90 Å². The molecule has 17 heavy (non-hydrogen) atoms. The fourth-order valence-electron chi connectivity index (χ4n) is 2.36. The summed E-state index contributed by atoms with van der Waals surface area (Å²) in [6, 6.07) is 5.80. The van der Waals surface area contributed by atoms with Gasteiger partial charge in [0.25, 0.3) is 0 Å². The van der Waals surface area contributed by atoms with Gasteiger partial charge in [0.05, 0.1) is 0 Å². The van der Waals surface area contributed by atoms with Crippen LogP contribution < -0.4 is 0 Å². The van der Waals surface area contributed by atoms with Crippen molar-refractivity contribution < 1.29 is 0 Å². The molecular formula is C14H19Cl2N. The second-order valence-electron chi connectivity index (χ2n) is 4.78. The largest absolute Gasteiger partial charge is 0.299 e. The number of hydrogen-bond acceptors (Lipinski definition) is 1. The van der Waals surface area contributed by atoms with Crippen molar-refractivity contribution in [3.63, 3.8) is 0 Å². The number of likely N-dealkylation sites (tertiary alicyclic amines) is 1. The minimum atomic E-state index is 0.714. The van der Waals surface area contributed by atoms with Crippen LogP contribution in [-0.4, -0.2) is 18.0 Å². The number of hydrogen-bond donors (Lipinski definition) is 0. The summed E-state index contributed by atoms with van der Waals surface area (Å²) in [5.41, 5.74) is 1.19. The molecule has 0 atom stereocenters. The summed E-state index contributed by atoms with van der Waals surface area (Å²) in [6.07, 6.45) is 6.75. The van der Waals surface area contributed by atoms with Crippen LogP contribution in [0.25, 0.3) is 0 Å². The molecule has 1 fully saturated rings. The molecule has 0 spiro atoms. The van der Waals surface area contributed by atoms with E-state index in [1.807, 2.05) is 18.2 Å². The average Bonchev–Trinajstić information content (AvgIpc) is 2.25. The van der Waals surface area contributed by atoms with E-state index >= 15 is 0 Å². The van der Waals surface area contributed by atoms with E-state index in [1.54, 1.807) is 0 Å². The predicted octanol–water partition coefficient (Wildman–Crippen LogP) is 4.76. The first-order chi connectivity index (χ1) is 8.25. The molecule has 1 nitrogen and oxygen atoms in total. The quantitative estimate of drug-likeness (QED) is 0.750. The molecule has 0 bridgehead atoms. The lowest BCUT2D eigenvalue weighted by Crippen LogP contribution is -2.26. The average molecular weight is 272 g/mol. The first-order valence-corrected chi connectivity index (χ1v) is 7.17. The van der Waals surface area contributed by atoms with Gasteiger partial charge in [-0.05, 0) is 43.6 Å². The van der Waals surface area contributed by atoms with Gasteiger partial charge in [0.1, 0.15) is 0 Å². The molecule has 94 valence electrons. The number of nitrogens with zero attached hydrogens (tertiary/aromatic N) is 1. The lowest BCUT2D eigenvalue weighted by Gasteiger charge is -2.24. The maximum Gasteiger partial charge on any atom is 0.0465 e. The van der Waals surface area contributed by atoms with E-state index < -0.39 is 0 Å². The Labute approximate surface area is 114 Å². The first kappa shape index (κ1) is 13.2. The molecule has 0 aliphatic carbocycles. The van der Waals surface area contributed by atoms with Crippen LogP contribution in [0.4, 0.5) is 0 Å². The van der Waals surface area contributed by atoms with Gasteiger partial charge >= 0.3 is 0 Å². The third-order valence-electron chi connectivity index (χ3n) is 3.36. The zero-order chi connectivity index (χ0) is 12.1. The molecule has 0 saturated carbocycles. The molecule has 1 saturated heterocycles. The van der Waals surface area contributed by atoms with E-state index in [1.165, 1.54) is 50.8 Å². The van der Waals surface area contributed by atoms with E-state index in [-0.39, 0.29) is 0 Å². The van der Waals surface area contributed by atoms with Crippen LogP contribution in [0.2, 0.25) is 10.0 Å². The molecule has 1 heterocycles. The lowest BCUT2D eigenvalue weighted by molar-refractivity contribution is 0.240. The molecule has 0 amide bonds. The van der Waals surface area contributed by atoms with Gasteiger partial charge in [-0.1, -0.05) is 48.5 Å². The number of rotatable bonds is 2. The molecular weight excluding hydrogens is 253 g/mol. The highest BCUT2D eigenvalue weighted by Gasteiger charge is 2.10.